The Morgan fingerprint density at radius 2 is 1.81 bits per heavy atom. The van der Waals surface area contributed by atoms with Crippen molar-refractivity contribution in [1.29, 1.82) is 0 Å². The van der Waals surface area contributed by atoms with Crippen LogP contribution in [-0.2, 0) is 9.59 Å². The molecule has 1 aromatic heterocycles. The fourth-order valence-corrected chi connectivity index (χ4v) is 2.92. The van der Waals surface area contributed by atoms with Crippen molar-refractivity contribution in [2.24, 2.45) is 0 Å². The Hall–Kier alpha value is -2.37. The van der Waals surface area contributed by atoms with Crippen LogP contribution in [0.1, 0.15) is 38.8 Å². The molecule has 0 radical (unpaired) electrons. The van der Waals surface area contributed by atoms with Crippen LogP contribution in [0, 0.1) is 0 Å². The smallest absolute Gasteiger partial charge is 0.295 e. The van der Waals surface area contributed by atoms with E-state index in [-0.39, 0.29) is 24.1 Å². The summed E-state index contributed by atoms with van der Waals surface area (Å²) in [4.78, 5) is 36.1. The number of nitrogens with zero attached hydrogens (tertiary/aromatic N) is 2. The van der Waals surface area contributed by atoms with E-state index in [1.165, 1.54) is 4.57 Å². The van der Waals surface area contributed by atoms with Crippen molar-refractivity contribution in [2.45, 2.75) is 38.8 Å². The average molecular weight is 287 g/mol. The lowest BCUT2D eigenvalue weighted by atomic mass is 10.1. The normalized spacial score (nSPS) is 19.3. The lowest BCUT2D eigenvalue weighted by Gasteiger charge is -2.21. The standard InChI is InChI=1S/C15H17N3O3/c1-9(2)17-10-5-3-4-6-11(10)18(15(17)21)12-7-8-13(19)16-14(12)20/h3-6,9,12H,7-8H2,1-2H3,(H,16,19,20)/t12-/m1/s1. The highest BCUT2D eigenvalue weighted by atomic mass is 16.2. The minimum atomic E-state index is -0.625. The van der Waals surface area contributed by atoms with E-state index in [0.717, 1.165) is 11.0 Å². The first-order valence-corrected chi connectivity index (χ1v) is 7.06. The van der Waals surface area contributed by atoms with Crippen LogP contribution in [-0.4, -0.2) is 20.9 Å². The fourth-order valence-electron chi connectivity index (χ4n) is 2.92. The van der Waals surface area contributed by atoms with Crippen LogP contribution >= 0.6 is 0 Å². The minimum Gasteiger partial charge on any atom is -0.295 e. The van der Waals surface area contributed by atoms with Gasteiger partial charge in [0.05, 0.1) is 11.0 Å². The maximum Gasteiger partial charge on any atom is 0.330 e. The zero-order valence-corrected chi connectivity index (χ0v) is 12.0. The lowest BCUT2D eigenvalue weighted by Crippen LogP contribution is -2.44. The van der Waals surface area contributed by atoms with E-state index in [0.29, 0.717) is 6.42 Å². The Balaban J connectivity index is 2.24. The van der Waals surface area contributed by atoms with Crippen molar-refractivity contribution in [3.8, 4) is 0 Å². The van der Waals surface area contributed by atoms with E-state index in [1.54, 1.807) is 4.57 Å². The maximum absolute atomic E-state index is 12.7. The van der Waals surface area contributed by atoms with Gasteiger partial charge in [-0.3, -0.25) is 24.0 Å². The molecule has 2 heterocycles. The van der Waals surface area contributed by atoms with Gasteiger partial charge in [0, 0.05) is 12.5 Å². The third-order valence-electron chi connectivity index (χ3n) is 3.85. The maximum atomic E-state index is 12.7. The summed E-state index contributed by atoms with van der Waals surface area (Å²) in [6.07, 6.45) is 0.612. The van der Waals surface area contributed by atoms with E-state index >= 15 is 0 Å². The number of nitrogens with one attached hydrogen (secondary N) is 1. The second-order valence-electron chi connectivity index (χ2n) is 5.57. The minimum absolute atomic E-state index is 0.00284. The van der Waals surface area contributed by atoms with E-state index in [1.807, 2.05) is 38.1 Å². The van der Waals surface area contributed by atoms with Gasteiger partial charge in [0.2, 0.25) is 11.8 Å². The summed E-state index contributed by atoms with van der Waals surface area (Å²) in [6.45, 7) is 3.87. The van der Waals surface area contributed by atoms with Gasteiger partial charge < -0.3 is 0 Å². The summed E-state index contributed by atoms with van der Waals surface area (Å²) < 4.78 is 3.19. The van der Waals surface area contributed by atoms with Crippen molar-refractivity contribution in [2.75, 3.05) is 0 Å². The van der Waals surface area contributed by atoms with Crippen molar-refractivity contribution in [3.05, 3.63) is 34.7 Å². The molecular formula is C15H17N3O3. The molecule has 6 nitrogen and oxygen atoms in total. The second-order valence-corrected chi connectivity index (χ2v) is 5.57. The molecule has 0 unspecified atom stereocenters. The second kappa shape index (κ2) is 4.87. The van der Waals surface area contributed by atoms with Crippen LogP contribution in [0.25, 0.3) is 11.0 Å². The molecule has 0 saturated carbocycles. The molecule has 1 aliphatic rings. The molecule has 3 rings (SSSR count). The first kappa shape index (κ1) is 13.6. The van der Waals surface area contributed by atoms with Gasteiger partial charge in [-0.1, -0.05) is 12.1 Å². The molecule has 2 amide bonds. The molecule has 1 aliphatic heterocycles. The number of fused-ring (bicyclic) bond motifs is 1. The number of imidazole rings is 1. The Bertz CT molecular complexity index is 785. The van der Waals surface area contributed by atoms with E-state index in [2.05, 4.69) is 5.32 Å². The third-order valence-corrected chi connectivity index (χ3v) is 3.85. The molecule has 0 aliphatic carbocycles. The number of para-hydroxylation sites is 2. The lowest BCUT2D eigenvalue weighted by molar-refractivity contribution is -0.135. The third kappa shape index (κ3) is 2.07. The molecule has 1 aromatic carbocycles. The SMILES string of the molecule is CC(C)n1c(=O)n([C@@H]2CCC(=O)NC2=O)c2ccccc21. The van der Waals surface area contributed by atoms with Gasteiger partial charge in [0.25, 0.3) is 0 Å². The first-order chi connectivity index (χ1) is 10.0. The Morgan fingerprint density at radius 1 is 1.14 bits per heavy atom. The largest absolute Gasteiger partial charge is 0.330 e. The number of hydrogen-bond acceptors (Lipinski definition) is 3. The summed E-state index contributed by atoms with van der Waals surface area (Å²) in [7, 11) is 0. The predicted molar refractivity (Wildman–Crippen MR) is 78.0 cm³/mol. The number of benzene rings is 1. The zero-order valence-electron chi connectivity index (χ0n) is 12.0. The highest BCUT2D eigenvalue weighted by Gasteiger charge is 2.31. The molecule has 0 spiro atoms. The molecule has 2 aromatic rings. The fraction of sp³-hybridized carbons (Fsp3) is 0.400. The summed E-state index contributed by atoms with van der Waals surface area (Å²) in [6, 6.07) is 6.79. The number of piperidine rings is 1. The molecule has 21 heavy (non-hydrogen) atoms. The van der Waals surface area contributed by atoms with Crippen LogP contribution in [0.3, 0.4) is 0 Å². The Kier molecular flexibility index (Phi) is 3.16. The van der Waals surface area contributed by atoms with E-state index < -0.39 is 11.9 Å². The summed E-state index contributed by atoms with van der Waals surface area (Å²) in [5.41, 5.74) is 1.33. The number of hydrogen-bond donors (Lipinski definition) is 1. The quantitative estimate of drug-likeness (QED) is 0.848. The number of aromatic nitrogens is 2. The Morgan fingerprint density at radius 3 is 2.43 bits per heavy atom. The number of amides is 2. The van der Waals surface area contributed by atoms with Crippen LogP contribution < -0.4 is 11.0 Å². The summed E-state index contributed by atoms with van der Waals surface area (Å²) in [5.74, 6) is -0.683. The number of carbonyl (C=O) groups excluding carboxylic acids is 2. The molecule has 6 heteroatoms. The molecule has 110 valence electrons. The van der Waals surface area contributed by atoms with Crippen LogP contribution in [0.15, 0.2) is 29.1 Å². The van der Waals surface area contributed by atoms with Gasteiger partial charge >= 0.3 is 5.69 Å². The monoisotopic (exact) mass is 287 g/mol. The van der Waals surface area contributed by atoms with Gasteiger partial charge in [-0.15, -0.1) is 0 Å². The van der Waals surface area contributed by atoms with Crippen molar-refractivity contribution < 1.29 is 9.59 Å². The van der Waals surface area contributed by atoms with Crippen LogP contribution in [0.5, 0.6) is 0 Å². The molecule has 1 saturated heterocycles. The van der Waals surface area contributed by atoms with Gasteiger partial charge in [-0.2, -0.15) is 0 Å². The van der Waals surface area contributed by atoms with Crippen LogP contribution in [0.4, 0.5) is 0 Å². The molecular weight excluding hydrogens is 270 g/mol. The van der Waals surface area contributed by atoms with Gasteiger partial charge in [0.15, 0.2) is 0 Å². The number of carbonyl (C=O) groups is 2. The summed E-state index contributed by atoms with van der Waals surface area (Å²) >= 11 is 0. The van der Waals surface area contributed by atoms with E-state index in [9.17, 15) is 14.4 Å². The summed E-state index contributed by atoms with van der Waals surface area (Å²) in [5, 5.41) is 2.31. The van der Waals surface area contributed by atoms with Gasteiger partial charge in [0.1, 0.15) is 6.04 Å². The van der Waals surface area contributed by atoms with Gasteiger partial charge in [-0.25, -0.2) is 4.79 Å². The van der Waals surface area contributed by atoms with Crippen molar-refractivity contribution >= 4 is 22.8 Å². The van der Waals surface area contributed by atoms with Crippen molar-refractivity contribution in [3.63, 3.8) is 0 Å². The highest BCUT2D eigenvalue weighted by Crippen LogP contribution is 2.24. The topological polar surface area (TPSA) is 73.1 Å². The van der Waals surface area contributed by atoms with E-state index in [4.69, 9.17) is 0 Å². The average Bonchev–Trinajstić information content (AvgIpc) is 2.71. The highest BCUT2D eigenvalue weighted by molar-refractivity contribution is 6.00. The number of imide groups is 1. The van der Waals surface area contributed by atoms with Crippen molar-refractivity contribution in [1.82, 2.24) is 14.5 Å². The Labute approximate surface area is 121 Å². The molecule has 1 N–H and O–H groups in total. The molecule has 1 atom stereocenters. The first-order valence-electron chi connectivity index (χ1n) is 7.06. The zero-order chi connectivity index (χ0) is 15.1. The molecule has 0 bridgehead atoms. The number of rotatable bonds is 2. The predicted octanol–water partition coefficient (Wildman–Crippen LogP) is 1.36. The van der Waals surface area contributed by atoms with Gasteiger partial charge in [-0.05, 0) is 32.4 Å². The molecule has 1 fully saturated rings. The van der Waals surface area contributed by atoms with Crippen LogP contribution in [0.2, 0.25) is 0 Å².